The van der Waals surface area contributed by atoms with Gasteiger partial charge in [-0.2, -0.15) is 0 Å². The summed E-state index contributed by atoms with van der Waals surface area (Å²) in [6.07, 6.45) is 2.39. The van der Waals surface area contributed by atoms with Gasteiger partial charge in [-0.25, -0.2) is 9.69 Å². The summed E-state index contributed by atoms with van der Waals surface area (Å²) in [6.45, 7) is 6.58. The number of fused-ring (bicyclic) bond motifs is 2. The number of carbonyl (C=O) groups excluding carboxylic acids is 3. The first-order valence-corrected chi connectivity index (χ1v) is 11.3. The van der Waals surface area contributed by atoms with E-state index in [0.717, 1.165) is 22.6 Å². The van der Waals surface area contributed by atoms with Gasteiger partial charge in [0.15, 0.2) is 11.5 Å². The Morgan fingerprint density at radius 1 is 1.12 bits per heavy atom. The van der Waals surface area contributed by atoms with Gasteiger partial charge in [0.2, 0.25) is 6.79 Å². The van der Waals surface area contributed by atoms with Crippen molar-refractivity contribution in [1.82, 2.24) is 5.32 Å². The number of imide groups is 2. The van der Waals surface area contributed by atoms with Crippen LogP contribution in [0.2, 0.25) is 5.02 Å². The normalized spacial score (nSPS) is 22.2. The molecular weight excluding hydrogens is 458 g/mol. The highest BCUT2D eigenvalue weighted by Gasteiger charge is 2.38. The first-order chi connectivity index (χ1) is 16.1. The maximum Gasteiger partial charge on any atom is 0.335 e. The molecule has 176 valence electrons. The lowest BCUT2D eigenvalue weighted by molar-refractivity contribution is -0.122. The summed E-state index contributed by atoms with van der Waals surface area (Å²) in [7, 11) is 2.03. The van der Waals surface area contributed by atoms with E-state index < -0.39 is 17.8 Å². The molecule has 0 aliphatic carbocycles. The molecule has 3 aliphatic rings. The van der Waals surface area contributed by atoms with Gasteiger partial charge in [-0.05, 0) is 67.7 Å². The van der Waals surface area contributed by atoms with E-state index in [2.05, 4.69) is 31.0 Å². The van der Waals surface area contributed by atoms with Crippen LogP contribution in [0.4, 0.5) is 16.2 Å². The Kier molecular flexibility index (Phi) is 5.09. The predicted octanol–water partition coefficient (Wildman–Crippen LogP) is 4.46. The molecule has 34 heavy (non-hydrogen) atoms. The van der Waals surface area contributed by atoms with Crippen LogP contribution in [-0.2, 0) is 9.59 Å². The van der Waals surface area contributed by atoms with Gasteiger partial charge in [-0.3, -0.25) is 14.9 Å². The number of carbonyl (C=O) groups is 3. The molecule has 1 N–H and O–H groups in total. The SMILES string of the molecule is CC1CC(C)(C)N(C)c2cc(Cl)c(/C=C3\C(=O)NC(=O)N(c4ccc5c(c4)OCO5)C3=O)cc21. The highest BCUT2D eigenvalue weighted by molar-refractivity contribution is 6.40. The van der Waals surface area contributed by atoms with Crippen molar-refractivity contribution in [1.29, 1.82) is 0 Å². The molecule has 3 aliphatic heterocycles. The average Bonchev–Trinajstić information content (AvgIpc) is 3.23. The molecule has 0 bridgehead atoms. The number of nitrogens with one attached hydrogen (secondary N) is 1. The number of urea groups is 1. The van der Waals surface area contributed by atoms with Gasteiger partial charge in [0.1, 0.15) is 5.57 Å². The minimum atomic E-state index is -0.833. The fourth-order valence-electron chi connectivity index (χ4n) is 4.79. The Labute approximate surface area is 202 Å². The van der Waals surface area contributed by atoms with E-state index in [9.17, 15) is 14.4 Å². The zero-order chi connectivity index (χ0) is 24.4. The molecule has 3 heterocycles. The Morgan fingerprint density at radius 2 is 1.85 bits per heavy atom. The van der Waals surface area contributed by atoms with Gasteiger partial charge in [-0.1, -0.05) is 18.5 Å². The van der Waals surface area contributed by atoms with Gasteiger partial charge < -0.3 is 14.4 Å². The molecule has 5 rings (SSSR count). The first-order valence-electron chi connectivity index (χ1n) is 11.0. The lowest BCUT2D eigenvalue weighted by atomic mass is 9.80. The second-order valence-corrected chi connectivity index (χ2v) is 9.81. The van der Waals surface area contributed by atoms with Crippen LogP contribution in [0.5, 0.6) is 11.5 Å². The fourth-order valence-corrected chi connectivity index (χ4v) is 5.00. The fraction of sp³-hybridized carbons (Fsp3) is 0.320. The van der Waals surface area contributed by atoms with Crippen LogP contribution in [0.15, 0.2) is 35.9 Å². The van der Waals surface area contributed by atoms with Crippen molar-refractivity contribution in [3.63, 3.8) is 0 Å². The number of ether oxygens (including phenoxy) is 2. The zero-order valence-electron chi connectivity index (χ0n) is 19.3. The second kappa shape index (κ2) is 7.77. The van der Waals surface area contributed by atoms with Crippen molar-refractivity contribution in [3.8, 4) is 11.5 Å². The van der Waals surface area contributed by atoms with Crippen LogP contribution in [-0.4, -0.2) is 37.2 Å². The minimum Gasteiger partial charge on any atom is -0.454 e. The third-order valence-corrected chi connectivity index (χ3v) is 7.10. The lowest BCUT2D eigenvalue weighted by Crippen LogP contribution is -2.54. The molecule has 1 saturated heterocycles. The Bertz CT molecular complexity index is 1290. The van der Waals surface area contributed by atoms with Crippen molar-refractivity contribution in [2.24, 2.45) is 0 Å². The molecule has 0 radical (unpaired) electrons. The van der Waals surface area contributed by atoms with Gasteiger partial charge >= 0.3 is 6.03 Å². The van der Waals surface area contributed by atoms with Gasteiger partial charge in [0.05, 0.1) is 5.69 Å². The number of rotatable bonds is 2. The highest BCUT2D eigenvalue weighted by atomic mass is 35.5. The molecule has 0 spiro atoms. The quantitative estimate of drug-likeness (QED) is 0.503. The second-order valence-electron chi connectivity index (χ2n) is 9.40. The third-order valence-electron chi connectivity index (χ3n) is 6.77. The highest BCUT2D eigenvalue weighted by Crippen LogP contribution is 2.44. The largest absolute Gasteiger partial charge is 0.454 e. The molecule has 0 aromatic heterocycles. The molecule has 1 atom stereocenters. The molecule has 8 nitrogen and oxygen atoms in total. The van der Waals surface area contributed by atoms with Crippen molar-refractivity contribution in [2.45, 2.75) is 38.6 Å². The third kappa shape index (κ3) is 3.49. The minimum absolute atomic E-state index is 0.0274. The first kappa shape index (κ1) is 22.3. The maximum atomic E-state index is 13.3. The standard InChI is InChI=1S/C25H24ClN3O5/c1-13-11-25(2,3)28(4)19-10-18(26)14(7-16(13)19)8-17-22(30)27-24(32)29(23(17)31)15-5-6-20-21(9-15)34-12-33-20/h5-10,13H,11-12H2,1-4H3,(H,27,30,32)/b17-8+. The van der Waals surface area contributed by atoms with Crippen molar-refractivity contribution >= 4 is 46.9 Å². The van der Waals surface area contributed by atoms with Crippen LogP contribution in [0.25, 0.3) is 6.08 Å². The Hall–Kier alpha value is -3.52. The molecule has 0 saturated carbocycles. The van der Waals surface area contributed by atoms with Crippen LogP contribution in [0.1, 0.15) is 44.2 Å². The summed E-state index contributed by atoms with van der Waals surface area (Å²) in [5.41, 5.74) is 2.70. The summed E-state index contributed by atoms with van der Waals surface area (Å²) in [5.74, 6) is -0.319. The van der Waals surface area contributed by atoms with Crippen LogP contribution in [0.3, 0.4) is 0 Å². The Morgan fingerprint density at radius 3 is 2.62 bits per heavy atom. The predicted molar refractivity (Wildman–Crippen MR) is 129 cm³/mol. The van der Waals surface area contributed by atoms with E-state index in [1.165, 1.54) is 12.1 Å². The maximum absolute atomic E-state index is 13.3. The number of nitrogens with zero attached hydrogens (tertiary/aromatic N) is 2. The summed E-state index contributed by atoms with van der Waals surface area (Å²) >= 11 is 6.60. The molecule has 1 unspecified atom stereocenters. The number of amides is 4. The number of hydrogen-bond donors (Lipinski definition) is 1. The van der Waals surface area contributed by atoms with E-state index >= 15 is 0 Å². The van der Waals surface area contributed by atoms with Crippen LogP contribution >= 0.6 is 11.6 Å². The summed E-state index contributed by atoms with van der Waals surface area (Å²) in [5, 5.41) is 2.65. The van der Waals surface area contributed by atoms with Crippen molar-refractivity contribution in [3.05, 3.63) is 52.1 Å². The number of barbiturate groups is 1. The molecule has 2 aromatic carbocycles. The monoisotopic (exact) mass is 481 g/mol. The lowest BCUT2D eigenvalue weighted by Gasteiger charge is -2.45. The van der Waals surface area contributed by atoms with Crippen LogP contribution < -0.4 is 24.6 Å². The van der Waals surface area contributed by atoms with Crippen LogP contribution in [0, 0.1) is 0 Å². The van der Waals surface area contributed by atoms with E-state index in [1.807, 2.05) is 19.2 Å². The van der Waals surface area contributed by atoms with Gasteiger partial charge in [-0.15, -0.1) is 0 Å². The number of hydrogen-bond acceptors (Lipinski definition) is 6. The molecular formula is C25H24ClN3O5. The smallest absolute Gasteiger partial charge is 0.335 e. The van der Waals surface area contributed by atoms with Crippen molar-refractivity contribution in [2.75, 3.05) is 23.6 Å². The molecule has 1 fully saturated rings. The number of anilines is 2. The molecule has 9 heteroatoms. The summed E-state index contributed by atoms with van der Waals surface area (Å²) in [6, 6.07) is 7.65. The summed E-state index contributed by atoms with van der Waals surface area (Å²) < 4.78 is 10.6. The van der Waals surface area contributed by atoms with Gasteiger partial charge in [0, 0.05) is 29.4 Å². The number of halogens is 1. The van der Waals surface area contributed by atoms with E-state index in [-0.39, 0.29) is 29.5 Å². The molecule has 4 amide bonds. The Balaban J connectivity index is 1.54. The van der Waals surface area contributed by atoms with Gasteiger partial charge in [0.25, 0.3) is 11.8 Å². The van der Waals surface area contributed by atoms with E-state index in [0.29, 0.717) is 22.1 Å². The zero-order valence-corrected chi connectivity index (χ0v) is 20.0. The molecule has 2 aromatic rings. The number of benzene rings is 2. The average molecular weight is 482 g/mol. The topological polar surface area (TPSA) is 88.2 Å². The van der Waals surface area contributed by atoms with Crippen molar-refractivity contribution < 1.29 is 23.9 Å². The van der Waals surface area contributed by atoms with E-state index in [1.54, 1.807) is 12.1 Å². The summed E-state index contributed by atoms with van der Waals surface area (Å²) in [4.78, 5) is 41.6. The van der Waals surface area contributed by atoms with E-state index in [4.69, 9.17) is 21.1 Å².